The van der Waals surface area contributed by atoms with Crippen LogP contribution in [0.3, 0.4) is 0 Å². The van der Waals surface area contributed by atoms with Crippen molar-refractivity contribution in [1.29, 1.82) is 0 Å². The molecule has 0 aliphatic carbocycles. The Hall–Kier alpha value is -17.2. The van der Waals surface area contributed by atoms with Crippen LogP contribution in [0, 0.1) is 93.1 Å². The van der Waals surface area contributed by atoms with Crippen molar-refractivity contribution in [2.45, 2.75) is 0 Å². The summed E-state index contributed by atoms with van der Waals surface area (Å²) < 4.78 is 227. The third-order valence-corrected chi connectivity index (χ3v) is 20.6. The van der Waals surface area contributed by atoms with Crippen molar-refractivity contribution in [3.63, 3.8) is 0 Å². The third-order valence-electron chi connectivity index (χ3n) is 20.6. The number of aromatic carboxylic acids is 4. The second kappa shape index (κ2) is 41.7. The van der Waals surface area contributed by atoms with Gasteiger partial charge in [0.25, 0.3) is 0 Å². The van der Waals surface area contributed by atoms with Gasteiger partial charge >= 0.3 is 44.0 Å². The first kappa shape index (κ1) is 98.8. The van der Waals surface area contributed by atoms with Crippen molar-refractivity contribution < 1.29 is 170 Å². The van der Waals surface area contributed by atoms with Crippen molar-refractivity contribution in [3.8, 4) is 0 Å². The topological polar surface area (TPSA) is 374 Å². The minimum atomic E-state index is -1.84. The molecule has 0 unspecified atom stereocenters. The summed E-state index contributed by atoms with van der Waals surface area (Å²) >= 11 is 0. The number of pyridine rings is 4. The average molecular weight is 2070 g/mol. The monoisotopic (exact) mass is 2070 g/mol. The van der Waals surface area contributed by atoms with Crippen LogP contribution in [-0.4, -0.2) is 114 Å². The van der Waals surface area contributed by atoms with E-state index in [0.29, 0.717) is 48.5 Å². The Kier molecular flexibility index (Phi) is 30.1. The van der Waals surface area contributed by atoms with Crippen molar-refractivity contribution in [2.75, 3.05) is 45.8 Å². The normalized spacial score (nSPS) is 13.5. The minimum absolute atomic E-state index is 0. The summed E-state index contributed by atoms with van der Waals surface area (Å²) in [6.07, 6.45) is 10.0. The zero-order valence-corrected chi connectivity index (χ0v) is 71.0. The Morgan fingerprint density at radius 1 is 0.241 bits per heavy atom. The molecular formula is C96H52F16IrN8O16. The van der Waals surface area contributed by atoms with E-state index in [1.807, 2.05) is 0 Å². The van der Waals surface area contributed by atoms with E-state index in [-0.39, 0.29) is 114 Å². The standard InChI is InChI=1S/4C24H14F4N2O4.Ir/c4*25-12-3-5-14(17(27)10-12)15-7-9-30(19-2-1-8-29-21(19)23(31)32)22(24(33)34)20(15)16-6-4-13(26)11-18(16)28;/h4*1-8,10-11H,9H2,(H,31,32)(H,33,34);/q;;;;+4/p-4. The van der Waals surface area contributed by atoms with Gasteiger partial charge in [-0.05, 0) is 168 Å². The molecule has 0 spiro atoms. The number of aliphatic carboxylic acids is 4. The van der Waals surface area contributed by atoms with Crippen molar-refractivity contribution in [2.24, 2.45) is 0 Å². The quantitative estimate of drug-likeness (QED) is 0.0515. The molecule has 12 aromatic rings. The number of carboxylic acids is 8. The van der Waals surface area contributed by atoms with E-state index in [1.165, 1.54) is 97.6 Å². The summed E-state index contributed by atoms with van der Waals surface area (Å²) in [5.41, 5.74) is -10.2. The molecule has 8 aromatic carbocycles. The zero-order chi connectivity index (χ0) is 98.3. The Morgan fingerprint density at radius 2 is 0.394 bits per heavy atom. The Bertz CT molecular complexity index is 6460. The maximum Gasteiger partial charge on any atom is 4.00 e. The molecule has 4 aliphatic heterocycles. The molecule has 693 valence electrons. The van der Waals surface area contributed by atoms with Crippen LogP contribution in [0.4, 0.5) is 93.0 Å². The van der Waals surface area contributed by atoms with Gasteiger partial charge in [-0.15, -0.1) is 0 Å². The number of benzene rings is 8. The van der Waals surface area contributed by atoms with E-state index in [4.69, 9.17) is 0 Å². The molecule has 24 nitrogen and oxygen atoms in total. The van der Waals surface area contributed by atoms with Crippen LogP contribution in [0.15, 0.2) is 266 Å². The summed E-state index contributed by atoms with van der Waals surface area (Å²) in [6.45, 7) is -1.19. The van der Waals surface area contributed by atoms with Gasteiger partial charge in [-0.1, -0.05) is 24.3 Å². The molecule has 4 aromatic heterocycles. The average Bonchev–Trinajstić information content (AvgIpc) is 0.760. The van der Waals surface area contributed by atoms with Crippen LogP contribution in [0.2, 0.25) is 0 Å². The van der Waals surface area contributed by atoms with Gasteiger partial charge in [0.2, 0.25) is 0 Å². The first-order chi connectivity index (χ1) is 64.7. The number of carbonyl (C=O) groups is 8. The first-order valence-corrected chi connectivity index (χ1v) is 38.9. The Labute approximate surface area is 772 Å². The second-order valence-corrected chi connectivity index (χ2v) is 28.7. The third kappa shape index (κ3) is 20.8. The number of carbonyl (C=O) groups excluding carboxylic acids is 4. The van der Waals surface area contributed by atoms with Crippen molar-refractivity contribution in [1.82, 2.24) is 19.9 Å². The maximum absolute atomic E-state index is 14.9. The molecule has 0 amide bonds. The van der Waals surface area contributed by atoms with E-state index >= 15 is 0 Å². The van der Waals surface area contributed by atoms with Gasteiger partial charge in [0, 0.05) is 166 Å². The zero-order valence-electron chi connectivity index (χ0n) is 68.6. The number of anilines is 4. The van der Waals surface area contributed by atoms with Crippen molar-refractivity contribution >= 4 is 115 Å². The van der Waals surface area contributed by atoms with E-state index in [1.54, 1.807) is 0 Å². The fraction of sp³-hybridized carbons (Fsp3) is 0.0417. The van der Waals surface area contributed by atoms with E-state index in [0.717, 1.165) is 117 Å². The number of rotatable bonds is 20. The molecule has 0 fully saturated rings. The number of allylic oxidation sites excluding steroid dienone is 8. The first-order valence-electron chi connectivity index (χ1n) is 38.9. The molecule has 8 heterocycles. The second-order valence-electron chi connectivity index (χ2n) is 28.7. The molecule has 4 N–H and O–H groups in total. The molecule has 16 rings (SSSR count). The van der Waals surface area contributed by atoms with E-state index < -0.39 is 231 Å². The summed E-state index contributed by atoms with van der Waals surface area (Å²) in [6, 6.07) is 30.3. The molecular weight excluding hydrogens is 2020 g/mol. The van der Waals surface area contributed by atoms with Crippen LogP contribution in [0.25, 0.3) is 44.6 Å². The molecule has 4 aliphatic rings. The maximum atomic E-state index is 14.9. The summed E-state index contributed by atoms with van der Waals surface area (Å²) in [4.78, 5) is 115. The van der Waals surface area contributed by atoms with Gasteiger partial charge < -0.3 is 79.6 Å². The molecule has 137 heavy (non-hydrogen) atoms. The molecule has 0 bridgehead atoms. The minimum Gasteiger partial charge on any atom is -0.543 e. The predicted molar refractivity (Wildman–Crippen MR) is 445 cm³/mol. The summed E-state index contributed by atoms with van der Waals surface area (Å²) in [5, 5.41) is 87.4. The molecule has 1 radical (unpaired) electrons. The number of aromatic nitrogens is 4. The number of hydrogen-bond acceptors (Lipinski definition) is 20. The van der Waals surface area contributed by atoms with Gasteiger partial charge in [0.15, 0.2) is 22.8 Å². The van der Waals surface area contributed by atoms with Gasteiger partial charge in [-0.2, -0.15) is 0 Å². The molecule has 0 saturated heterocycles. The Balaban J connectivity index is 0.000000164. The van der Waals surface area contributed by atoms with Gasteiger partial charge in [-0.25, -0.2) is 109 Å². The smallest absolute Gasteiger partial charge is 0.543 e. The van der Waals surface area contributed by atoms with Crippen LogP contribution in [0.5, 0.6) is 0 Å². The number of nitrogens with zero attached hydrogens (tertiary/aromatic N) is 8. The fourth-order valence-corrected chi connectivity index (χ4v) is 15.1. The number of carboxylic acid groups (broad SMARTS) is 8. The molecule has 0 saturated carbocycles. The van der Waals surface area contributed by atoms with Crippen LogP contribution >= 0.6 is 0 Å². The number of halogens is 16. The molecule has 0 atom stereocenters. The number of hydrogen-bond donors (Lipinski definition) is 4. The van der Waals surface area contributed by atoms with Crippen molar-refractivity contribution in [3.05, 3.63) is 426 Å². The SMILES string of the molecule is O=C([O-])C1=C(c2ccc(F)cc2F)C(c2ccc(F)cc2F)=CCN1c1cccnc1C(=O)O.O=C([O-])C1=C(c2ccc(F)cc2F)C(c2ccc(F)cc2F)=CCN1c1cccnc1C(=O)O.O=C([O-])C1=C(c2ccc(F)cc2F)C(c2ccc(F)cc2F)=CCN1c1cccnc1C(=O)O.O=C([O-])C1=C(c2ccc(F)cc2F)C(c2ccc(F)cc2F)=CCN1c1cccnc1C(=O)O.[Ir+4]. The van der Waals surface area contributed by atoms with Crippen LogP contribution in [-0.2, 0) is 39.3 Å². The van der Waals surface area contributed by atoms with E-state index in [9.17, 15) is 149 Å². The summed E-state index contributed by atoms with van der Waals surface area (Å²) in [5.74, 6) is -29.3. The Morgan fingerprint density at radius 3 is 0.533 bits per heavy atom. The predicted octanol–water partition coefficient (Wildman–Crippen LogP) is 13.6. The van der Waals surface area contributed by atoms with Gasteiger partial charge in [0.05, 0.1) is 69.4 Å². The summed E-state index contributed by atoms with van der Waals surface area (Å²) in [7, 11) is 0. The molecule has 41 heteroatoms. The fourth-order valence-electron chi connectivity index (χ4n) is 15.1. The largest absolute Gasteiger partial charge is 4.00 e. The van der Waals surface area contributed by atoms with Gasteiger partial charge in [0.1, 0.15) is 93.1 Å². The van der Waals surface area contributed by atoms with Crippen LogP contribution < -0.4 is 40.0 Å². The van der Waals surface area contributed by atoms with Gasteiger partial charge in [-0.3, -0.25) is 0 Å². The van der Waals surface area contributed by atoms with E-state index in [2.05, 4.69) is 19.9 Å². The van der Waals surface area contributed by atoms with Crippen LogP contribution in [0.1, 0.15) is 86.5 Å².